The van der Waals surface area contributed by atoms with Crippen LogP contribution in [0.25, 0.3) is 0 Å². The molecule has 0 aliphatic rings. The summed E-state index contributed by atoms with van der Waals surface area (Å²) in [6.07, 6.45) is 0. The van der Waals surface area contributed by atoms with Crippen molar-refractivity contribution in [3.05, 3.63) is 34.9 Å². The first-order valence-corrected chi connectivity index (χ1v) is 6.89. The van der Waals surface area contributed by atoms with Gasteiger partial charge in [0, 0.05) is 5.56 Å². The van der Waals surface area contributed by atoms with Crippen LogP contribution in [0.5, 0.6) is 0 Å². The number of nitrogens with one attached hydrogen (secondary N) is 2. The molecule has 0 aliphatic carbocycles. The maximum atomic E-state index is 11.7. The van der Waals surface area contributed by atoms with E-state index in [1.165, 1.54) is 0 Å². The molecule has 120 valence electrons. The molecule has 8 heteroatoms. The molecule has 2 aromatic rings. The molecule has 8 nitrogen and oxygen atoms in total. The van der Waals surface area contributed by atoms with Crippen LogP contribution in [-0.4, -0.2) is 27.8 Å². The normalized spacial score (nSPS) is 13.7. The van der Waals surface area contributed by atoms with Gasteiger partial charge in [0.1, 0.15) is 17.1 Å². The van der Waals surface area contributed by atoms with Gasteiger partial charge in [0.15, 0.2) is 5.82 Å². The molecule has 0 bridgehead atoms. The van der Waals surface area contributed by atoms with Crippen molar-refractivity contribution in [3.63, 3.8) is 0 Å². The molecule has 2 rings (SSSR count). The minimum absolute atomic E-state index is 0.0432. The molecule has 0 radical (unpaired) electrons. The van der Waals surface area contributed by atoms with E-state index in [1.807, 2.05) is 0 Å². The van der Waals surface area contributed by atoms with Gasteiger partial charge in [-0.2, -0.15) is 4.98 Å². The predicted molar refractivity (Wildman–Crippen MR) is 77.0 cm³/mol. The van der Waals surface area contributed by atoms with Gasteiger partial charge in [-0.3, -0.25) is 0 Å². The maximum absolute atomic E-state index is 11.7. The summed E-state index contributed by atoms with van der Waals surface area (Å²) in [5, 5.41) is 19.3. The molecule has 0 fully saturated rings. The van der Waals surface area contributed by atoms with Crippen molar-refractivity contribution < 1.29 is 18.8 Å². The van der Waals surface area contributed by atoms with Gasteiger partial charge >= 0.3 is 6.03 Å². The van der Waals surface area contributed by atoms with Crippen molar-refractivity contribution in [2.24, 2.45) is 0 Å². The van der Waals surface area contributed by atoms with E-state index < -0.39 is 11.6 Å². The zero-order valence-electron chi connectivity index (χ0n) is 13.1. The maximum Gasteiger partial charge on any atom is 0.315 e. The van der Waals surface area contributed by atoms with Gasteiger partial charge in [-0.15, -0.1) is 0 Å². The number of amides is 2. The molecular weight excluding hydrogens is 288 g/mol. The second kappa shape index (κ2) is 6.18. The van der Waals surface area contributed by atoms with Crippen LogP contribution in [0.15, 0.2) is 15.0 Å². The molecule has 1 atom stereocenters. The van der Waals surface area contributed by atoms with Crippen LogP contribution in [0, 0.1) is 20.8 Å². The van der Waals surface area contributed by atoms with Gasteiger partial charge in [0.05, 0.1) is 13.1 Å². The Hall–Kier alpha value is -2.35. The Balaban J connectivity index is 1.86. The van der Waals surface area contributed by atoms with Gasteiger partial charge < -0.3 is 24.7 Å². The SMILES string of the molecule is Cc1noc(CNC(=O)NCC(C)(O)c2cc(C)oc2C)n1. The van der Waals surface area contributed by atoms with E-state index in [4.69, 9.17) is 8.94 Å². The highest BCUT2D eigenvalue weighted by atomic mass is 16.5. The highest BCUT2D eigenvalue weighted by Crippen LogP contribution is 2.26. The molecule has 1 unspecified atom stereocenters. The smallest absolute Gasteiger partial charge is 0.315 e. The summed E-state index contributed by atoms with van der Waals surface area (Å²) in [4.78, 5) is 15.7. The first-order chi connectivity index (χ1) is 10.3. The summed E-state index contributed by atoms with van der Waals surface area (Å²) in [5.41, 5.74) is -0.571. The Labute approximate surface area is 127 Å². The molecule has 3 N–H and O–H groups in total. The van der Waals surface area contributed by atoms with E-state index in [-0.39, 0.29) is 13.1 Å². The van der Waals surface area contributed by atoms with Crippen LogP contribution in [-0.2, 0) is 12.1 Å². The Morgan fingerprint density at radius 2 is 2.09 bits per heavy atom. The molecule has 2 aromatic heterocycles. The van der Waals surface area contributed by atoms with Gasteiger partial charge in [-0.05, 0) is 33.8 Å². The number of aliphatic hydroxyl groups is 1. The molecule has 22 heavy (non-hydrogen) atoms. The number of furan rings is 1. The lowest BCUT2D eigenvalue weighted by Crippen LogP contribution is -2.43. The number of hydrogen-bond donors (Lipinski definition) is 3. The topological polar surface area (TPSA) is 113 Å². The lowest BCUT2D eigenvalue weighted by Gasteiger charge is -2.23. The fourth-order valence-corrected chi connectivity index (χ4v) is 2.14. The second-order valence-corrected chi connectivity index (χ2v) is 5.37. The summed E-state index contributed by atoms with van der Waals surface area (Å²) in [6, 6.07) is 1.32. The molecule has 2 heterocycles. The minimum Gasteiger partial charge on any atom is -0.466 e. The number of carbonyl (C=O) groups is 1. The number of aryl methyl sites for hydroxylation is 3. The standard InChI is InChI=1S/C14H20N4O4/c1-8-5-11(9(2)21-8)14(4,20)7-16-13(19)15-6-12-17-10(3)18-22-12/h5,20H,6-7H2,1-4H3,(H2,15,16,19). The van der Waals surface area contributed by atoms with Crippen molar-refractivity contribution in [1.82, 2.24) is 20.8 Å². The summed E-state index contributed by atoms with van der Waals surface area (Å²) >= 11 is 0. The third kappa shape index (κ3) is 3.85. The Morgan fingerprint density at radius 1 is 1.36 bits per heavy atom. The van der Waals surface area contributed by atoms with Crippen molar-refractivity contribution >= 4 is 6.03 Å². The average molecular weight is 308 g/mol. The zero-order valence-corrected chi connectivity index (χ0v) is 13.1. The summed E-state index contributed by atoms with van der Waals surface area (Å²) in [5.74, 6) is 2.17. The van der Waals surface area contributed by atoms with Crippen molar-refractivity contribution in [3.8, 4) is 0 Å². The quantitative estimate of drug-likeness (QED) is 0.767. The molecule has 0 spiro atoms. The first-order valence-electron chi connectivity index (χ1n) is 6.89. The van der Waals surface area contributed by atoms with Gasteiger partial charge in [0.2, 0.25) is 5.89 Å². The molecule has 0 saturated carbocycles. The Kier molecular flexibility index (Phi) is 4.51. The highest BCUT2D eigenvalue weighted by Gasteiger charge is 2.28. The number of rotatable bonds is 5. The third-order valence-electron chi connectivity index (χ3n) is 3.18. The van der Waals surface area contributed by atoms with E-state index in [0.717, 1.165) is 0 Å². The molecule has 2 amide bonds. The minimum atomic E-state index is -1.22. The average Bonchev–Trinajstić information content (AvgIpc) is 3.00. The van der Waals surface area contributed by atoms with Crippen LogP contribution < -0.4 is 10.6 Å². The number of nitrogens with zero attached hydrogens (tertiary/aromatic N) is 2. The summed E-state index contributed by atoms with van der Waals surface area (Å²) in [6.45, 7) is 7.06. The van der Waals surface area contributed by atoms with Crippen molar-refractivity contribution in [1.29, 1.82) is 0 Å². The predicted octanol–water partition coefficient (Wildman–Crippen LogP) is 1.29. The molecule has 0 saturated heterocycles. The Bertz CT molecular complexity index is 660. The van der Waals surface area contributed by atoms with E-state index in [0.29, 0.717) is 28.8 Å². The summed E-state index contributed by atoms with van der Waals surface area (Å²) < 4.78 is 10.3. The van der Waals surface area contributed by atoms with Gasteiger partial charge in [-0.25, -0.2) is 4.79 Å². The van der Waals surface area contributed by atoms with E-state index in [1.54, 1.807) is 33.8 Å². The van der Waals surface area contributed by atoms with Crippen molar-refractivity contribution in [2.45, 2.75) is 39.8 Å². The van der Waals surface area contributed by atoms with Gasteiger partial charge in [0.25, 0.3) is 0 Å². The molecule has 0 aliphatic heterocycles. The molecule has 0 aromatic carbocycles. The largest absolute Gasteiger partial charge is 0.466 e. The second-order valence-electron chi connectivity index (χ2n) is 5.37. The molecular formula is C14H20N4O4. The van der Waals surface area contributed by atoms with Crippen molar-refractivity contribution in [2.75, 3.05) is 6.54 Å². The zero-order chi connectivity index (χ0) is 16.3. The van der Waals surface area contributed by atoms with Gasteiger partial charge in [-0.1, -0.05) is 5.16 Å². The first kappa shape index (κ1) is 16.0. The highest BCUT2D eigenvalue weighted by molar-refractivity contribution is 5.73. The van der Waals surface area contributed by atoms with E-state index in [9.17, 15) is 9.90 Å². The van der Waals surface area contributed by atoms with Crippen LogP contribution in [0.1, 0.15) is 35.7 Å². The fraction of sp³-hybridized carbons (Fsp3) is 0.500. The third-order valence-corrected chi connectivity index (χ3v) is 3.18. The fourth-order valence-electron chi connectivity index (χ4n) is 2.14. The number of aromatic nitrogens is 2. The van der Waals surface area contributed by atoms with Crippen LogP contribution in [0.3, 0.4) is 0 Å². The lowest BCUT2D eigenvalue weighted by molar-refractivity contribution is 0.0578. The number of hydrogen-bond acceptors (Lipinski definition) is 6. The van der Waals surface area contributed by atoms with Crippen LogP contribution in [0.2, 0.25) is 0 Å². The van der Waals surface area contributed by atoms with Crippen LogP contribution in [0.4, 0.5) is 4.79 Å². The number of carbonyl (C=O) groups excluding carboxylic acids is 1. The summed E-state index contributed by atoms with van der Waals surface area (Å²) in [7, 11) is 0. The number of urea groups is 1. The van der Waals surface area contributed by atoms with Crippen LogP contribution >= 0.6 is 0 Å². The monoisotopic (exact) mass is 308 g/mol. The Morgan fingerprint density at radius 3 is 2.64 bits per heavy atom. The van der Waals surface area contributed by atoms with E-state index >= 15 is 0 Å². The van der Waals surface area contributed by atoms with E-state index in [2.05, 4.69) is 20.8 Å². The lowest BCUT2D eigenvalue weighted by atomic mass is 9.96.